The standard InChI is InChI=1S/C25H17/c1-2-10-17(9-1)25-21-14-6-3-11-18(21)24(19-12-4-7-15-22(19)25)20-13-5-8-16-23(20)25/h1-16,24H/q-1. The summed E-state index contributed by atoms with van der Waals surface area (Å²) in [7, 11) is 0. The van der Waals surface area contributed by atoms with Gasteiger partial charge in [0.1, 0.15) is 0 Å². The molecule has 0 heterocycles. The summed E-state index contributed by atoms with van der Waals surface area (Å²) < 4.78 is 0. The van der Waals surface area contributed by atoms with E-state index in [1.807, 2.05) is 0 Å². The van der Waals surface area contributed by atoms with Crippen LogP contribution in [0, 0.1) is 0 Å². The molecule has 0 aliphatic heterocycles. The van der Waals surface area contributed by atoms with Gasteiger partial charge in [0, 0.05) is 11.3 Å². The molecule has 0 radical (unpaired) electrons. The molecule has 4 aromatic carbocycles. The molecule has 3 aliphatic carbocycles. The van der Waals surface area contributed by atoms with E-state index in [9.17, 15) is 0 Å². The Morgan fingerprint density at radius 1 is 0.560 bits per heavy atom. The topological polar surface area (TPSA) is 0 Å². The molecule has 3 aliphatic rings. The molecule has 0 unspecified atom stereocenters. The van der Waals surface area contributed by atoms with Crippen molar-refractivity contribution in [2.75, 3.05) is 0 Å². The highest BCUT2D eigenvalue weighted by atomic mass is 14.5. The Morgan fingerprint density at radius 3 is 1.48 bits per heavy atom. The van der Waals surface area contributed by atoms with Crippen LogP contribution in [0.5, 0.6) is 0 Å². The molecule has 0 N–H and O–H groups in total. The minimum atomic E-state index is -0.192. The van der Waals surface area contributed by atoms with Crippen LogP contribution in [0.25, 0.3) is 0 Å². The van der Waals surface area contributed by atoms with E-state index in [0.717, 1.165) is 0 Å². The van der Waals surface area contributed by atoms with Gasteiger partial charge in [-0.2, -0.15) is 12.1 Å². The van der Waals surface area contributed by atoms with Crippen molar-refractivity contribution in [3.8, 4) is 0 Å². The zero-order valence-electron chi connectivity index (χ0n) is 13.8. The number of hydrogen-bond donors (Lipinski definition) is 0. The third-order valence-corrected chi connectivity index (χ3v) is 6.12. The summed E-state index contributed by atoms with van der Waals surface area (Å²) in [5.41, 5.74) is 9.90. The summed E-state index contributed by atoms with van der Waals surface area (Å²) in [6, 6.07) is 36.0. The Hall–Kier alpha value is -2.99. The van der Waals surface area contributed by atoms with E-state index >= 15 is 0 Å². The molecular formula is C25H17-. The number of benzene rings is 3. The lowest BCUT2D eigenvalue weighted by Gasteiger charge is -2.52. The summed E-state index contributed by atoms with van der Waals surface area (Å²) >= 11 is 0. The highest BCUT2D eigenvalue weighted by molar-refractivity contribution is 5.76. The van der Waals surface area contributed by atoms with Crippen molar-refractivity contribution in [1.29, 1.82) is 0 Å². The molecular weight excluding hydrogens is 300 g/mol. The van der Waals surface area contributed by atoms with Gasteiger partial charge in [0.05, 0.1) is 0 Å². The first-order chi connectivity index (χ1) is 12.4. The van der Waals surface area contributed by atoms with E-state index < -0.39 is 0 Å². The summed E-state index contributed by atoms with van der Waals surface area (Å²) in [5.74, 6) is 0.348. The van der Waals surface area contributed by atoms with Gasteiger partial charge >= 0.3 is 0 Å². The van der Waals surface area contributed by atoms with Crippen molar-refractivity contribution in [3.05, 3.63) is 136 Å². The van der Waals surface area contributed by atoms with E-state index in [-0.39, 0.29) is 5.41 Å². The molecule has 0 spiro atoms. The zero-order chi connectivity index (χ0) is 16.4. The predicted octanol–water partition coefficient (Wildman–Crippen LogP) is 5.60. The van der Waals surface area contributed by atoms with Crippen molar-refractivity contribution in [2.24, 2.45) is 0 Å². The van der Waals surface area contributed by atoms with Gasteiger partial charge < -0.3 is 0 Å². The smallest absolute Gasteiger partial charge is 0.0482 e. The van der Waals surface area contributed by atoms with E-state index in [4.69, 9.17) is 0 Å². The van der Waals surface area contributed by atoms with E-state index in [1.165, 1.54) is 38.9 Å². The summed E-state index contributed by atoms with van der Waals surface area (Å²) in [5, 5.41) is 0. The van der Waals surface area contributed by atoms with Gasteiger partial charge in [0.15, 0.2) is 0 Å². The van der Waals surface area contributed by atoms with Crippen molar-refractivity contribution >= 4 is 0 Å². The third-order valence-electron chi connectivity index (χ3n) is 6.12. The van der Waals surface area contributed by atoms with Crippen molar-refractivity contribution < 1.29 is 0 Å². The fraction of sp³-hybridized carbons (Fsp3) is 0.0800. The summed E-state index contributed by atoms with van der Waals surface area (Å²) in [4.78, 5) is 0. The van der Waals surface area contributed by atoms with Gasteiger partial charge in [0.25, 0.3) is 0 Å². The number of rotatable bonds is 1. The molecule has 0 fully saturated rings. The third kappa shape index (κ3) is 1.42. The minimum absolute atomic E-state index is 0.192. The van der Waals surface area contributed by atoms with E-state index in [2.05, 4.69) is 97.1 Å². The molecule has 0 saturated carbocycles. The summed E-state index contributed by atoms with van der Waals surface area (Å²) in [6.07, 6.45) is 0. The normalized spacial score (nSPS) is 22.2. The Bertz CT molecular complexity index is 983. The van der Waals surface area contributed by atoms with Crippen LogP contribution < -0.4 is 0 Å². The van der Waals surface area contributed by atoms with E-state index in [1.54, 1.807) is 0 Å². The van der Waals surface area contributed by atoms with Gasteiger partial charge in [0.2, 0.25) is 0 Å². The highest BCUT2D eigenvalue weighted by Gasteiger charge is 2.50. The molecule has 7 rings (SSSR count). The maximum absolute atomic E-state index is 2.33. The van der Waals surface area contributed by atoms with Crippen LogP contribution in [-0.2, 0) is 5.41 Å². The average molecular weight is 317 g/mol. The Kier molecular flexibility index (Phi) is 2.42. The van der Waals surface area contributed by atoms with Gasteiger partial charge in [-0.15, -0.1) is 5.56 Å². The van der Waals surface area contributed by atoms with E-state index in [0.29, 0.717) is 5.92 Å². The molecule has 0 atom stereocenters. The molecule has 2 bridgehead atoms. The van der Waals surface area contributed by atoms with Crippen molar-refractivity contribution in [1.82, 2.24) is 0 Å². The fourth-order valence-corrected chi connectivity index (χ4v) is 5.30. The minimum Gasteiger partial charge on any atom is -0.213 e. The molecule has 0 heteroatoms. The second kappa shape index (κ2) is 4.55. The summed E-state index contributed by atoms with van der Waals surface area (Å²) in [6.45, 7) is 0. The maximum Gasteiger partial charge on any atom is 0.0482 e. The molecule has 118 valence electrons. The average Bonchev–Trinajstić information content (AvgIpc) is 3.23. The van der Waals surface area contributed by atoms with Crippen LogP contribution in [-0.4, -0.2) is 0 Å². The first-order valence-electron chi connectivity index (χ1n) is 8.93. The van der Waals surface area contributed by atoms with Crippen molar-refractivity contribution in [2.45, 2.75) is 11.3 Å². The second-order valence-electron chi connectivity index (χ2n) is 7.12. The molecule has 0 nitrogen and oxygen atoms in total. The lowest BCUT2D eigenvalue weighted by atomic mass is 9.51. The fourth-order valence-electron chi connectivity index (χ4n) is 5.30. The van der Waals surface area contributed by atoms with Crippen LogP contribution >= 0.6 is 0 Å². The second-order valence-corrected chi connectivity index (χ2v) is 7.12. The Labute approximate surface area is 147 Å². The molecule has 25 heavy (non-hydrogen) atoms. The van der Waals surface area contributed by atoms with Crippen molar-refractivity contribution in [3.63, 3.8) is 0 Å². The maximum atomic E-state index is 2.33. The Balaban J connectivity index is 1.88. The first kappa shape index (κ1) is 13.3. The lowest BCUT2D eigenvalue weighted by Crippen LogP contribution is -2.42. The lowest BCUT2D eigenvalue weighted by molar-refractivity contribution is 0.631. The molecule has 4 aromatic rings. The molecule has 0 aromatic heterocycles. The van der Waals surface area contributed by atoms with Crippen LogP contribution in [0.4, 0.5) is 0 Å². The highest BCUT2D eigenvalue weighted by Crippen LogP contribution is 2.61. The Morgan fingerprint density at radius 2 is 1.04 bits per heavy atom. The van der Waals surface area contributed by atoms with Gasteiger partial charge in [-0.25, -0.2) is 12.1 Å². The quantitative estimate of drug-likeness (QED) is 0.346. The van der Waals surface area contributed by atoms with Crippen LogP contribution in [0.2, 0.25) is 0 Å². The monoisotopic (exact) mass is 317 g/mol. The largest absolute Gasteiger partial charge is 0.213 e. The van der Waals surface area contributed by atoms with Gasteiger partial charge in [-0.3, -0.25) is 0 Å². The molecule has 0 amide bonds. The zero-order valence-corrected chi connectivity index (χ0v) is 13.8. The van der Waals surface area contributed by atoms with Gasteiger partial charge in [-0.05, 0) is 33.4 Å². The van der Waals surface area contributed by atoms with Crippen LogP contribution in [0.1, 0.15) is 44.9 Å². The molecule has 0 saturated heterocycles. The number of hydrogen-bond acceptors (Lipinski definition) is 0. The van der Waals surface area contributed by atoms with Crippen LogP contribution in [0.15, 0.2) is 97.1 Å². The van der Waals surface area contributed by atoms with Gasteiger partial charge in [-0.1, -0.05) is 72.8 Å². The first-order valence-corrected chi connectivity index (χ1v) is 8.93. The predicted molar refractivity (Wildman–Crippen MR) is 101 cm³/mol. The SMILES string of the molecule is c1c[cH-]c(C23c4ccccc4C(c4ccccc42)c2ccccc23)c1. The van der Waals surface area contributed by atoms with Crippen LogP contribution in [0.3, 0.4) is 0 Å².